The second-order valence-electron chi connectivity index (χ2n) is 6.53. The van der Waals surface area contributed by atoms with Gasteiger partial charge in [0, 0.05) is 42.9 Å². The first-order valence-electron chi connectivity index (χ1n) is 7.21. The largest absolute Gasteiger partial charge is 0.360 e. The van der Waals surface area contributed by atoms with E-state index in [0.717, 1.165) is 25.2 Å². The summed E-state index contributed by atoms with van der Waals surface area (Å²) in [6, 6.07) is 1.83. The molecule has 1 aliphatic rings. The number of carbonyl (C=O) groups excluding carboxylic acids is 1. The molecule has 21 heavy (non-hydrogen) atoms. The molecule has 1 atom stereocenters. The van der Waals surface area contributed by atoms with Crippen LogP contribution in [0.15, 0.2) is 23.0 Å². The average molecular weight is 288 g/mol. The standard InChI is InChI=1S/C15H20N4O2/c1-15(2,3)12-8-11(18-21-12)14(20)17-10-4-5-13-16-6-7-19(13)9-10/h6-8,10H,4-5,9H2,1-3H3,(H,17,20). The van der Waals surface area contributed by atoms with Gasteiger partial charge in [-0.25, -0.2) is 4.98 Å². The van der Waals surface area contributed by atoms with E-state index in [1.807, 2.05) is 27.0 Å². The van der Waals surface area contributed by atoms with E-state index in [-0.39, 0.29) is 17.4 Å². The molecule has 0 aromatic carbocycles. The minimum atomic E-state index is -0.178. The van der Waals surface area contributed by atoms with Gasteiger partial charge in [-0.05, 0) is 6.42 Å². The normalized spacial score (nSPS) is 18.3. The Labute approximate surface area is 123 Å². The third-order valence-corrected chi connectivity index (χ3v) is 3.75. The van der Waals surface area contributed by atoms with Crippen LogP contribution in [-0.4, -0.2) is 26.7 Å². The van der Waals surface area contributed by atoms with Gasteiger partial charge in [-0.3, -0.25) is 4.79 Å². The molecule has 0 saturated heterocycles. The Morgan fingerprint density at radius 3 is 3.00 bits per heavy atom. The van der Waals surface area contributed by atoms with Gasteiger partial charge in [0.15, 0.2) is 5.69 Å². The molecule has 0 spiro atoms. The third kappa shape index (κ3) is 2.84. The number of amides is 1. The first kappa shape index (κ1) is 13.9. The summed E-state index contributed by atoms with van der Waals surface area (Å²) in [5, 5.41) is 6.90. The Hall–Kier alpha value is -2.11. The van der Waals surface area contributed by atoms with Gasteiger partial charge in [-0.1, -0.05) is 25.9 Å². The number of hydrogen-bond donors (Lipinski definition) is 1. The molecule has 0 radical (unpaired) electrons. The van der Waals surface area contributed by atoms with Gasteiger partial charge in [0.1, 0.15) is 11.6 Å². The summed E-state index contributed by atoms with van der Waals surface area (Å²) < 4.78 is 7.34. The van der Waals surface area contributed by atoms with E-state index in [1.165, 1.54) is 0 Å². The zero-order chi connectivity index (χ0) is 15.0. The fraction of sp³-hybridized carbons (Fsp3) is 0.533. The SMILES string of the molecule is CC(C)(C)c1cc(C(=O)NC2CCc3nccn3C2)no1. The Bertz CT molecular complexity index is 651. The third-order valence-electron chi connectivity index (χ3n) is 3.75. The van der Waals surface area contributed by atoms with Crippen LogP contribution in [0.3, 0.4) is 0 Å². The second kappa shape index (κ2) is 5.02. The number of carbonyl (C=O) groups is 1. The molecule has 0 aliphatic carbocycles. The maximum absolute atomic E-state index is 12.2. The molecule has 6 heteroatoms. The van der Waals surface area contributed by atoms with Crippen LogP contribution >= 0.6 is 0 Å². The second-order valence-corrected chi connectivity index (χ2v) is 6.53. The van der Waals surface area contributed by atoms with E-state index in [0.29, 0.717) is 11.5 Å². The number of nitrogens with zero attached hydrogens (tertiary/aromatic N) is 3. The summed E-state index contributed by atoms with van der Waals surface area (Å²) in [5.41, 5.74) is 0.193. The van der Waals surface area contributed by atoms with Crippen molar-refractivity contribution in [3.63, 3.8) is 0 Å². The van der Waals surface area contributed by atoms with E-state index in [9.17, 15) is 4.79 Å². The summed E-state index contributed by atoms with van der Waals surface area (Å²) in [4.78, 5) is 16.5. The number of aryl methyl sites for hydroxylation is 1. The van der Waals surface area contributed by atoms with E-state index >= 15 is 0 Å². The lowest BCUT2D eigenvalue weighted by molar-refractivity contribution is 0.0918. The lowest BCUT2D eigenvalue weighted by Crippen LogP contribution is -2.41. The van der Waals surface area contributed by atoms with Crippen molar-refractivity contribution in [3.05, 3.63) is 35.7 Å². The van der Waals surface area contributed by atoms with Crippen molar-refractivity contribution >= 4 is 5.91 Å². The molecule has 0 bridgehead atoms. The van der Waals surface area contributed by atoms with Crippen molar-refractivity contribution in [1.29, 1.82) is 0 Å². The van der Waals surface area contributed by atoms with Crippen molar-refractivity contribution < 1.29 is 9.32 Å². The fourth-order valence-electron chi connectivity index (χ4n) is 2.48. The van der Waals surface area contributed by atoms with Crippen molar-refractivity contribution in [2.24, 2.45) is 0 Å². The maximum atomic E-state index is 12.2. The number of hydrogen-bond acceptors (Lipinski definition) is 4. The van der Waals surface area contributed by atoms with Gasteiger partial charge in [0.2, 0.25) is 0 Å². The molecule has 112 valence electrons. The molecule has 0 fully saturated rings. The number of imidazole rings is 1. The summed E-state index contributed by atoms with van der Waals surface area (Å²) in [6.45, 7) is 6.83. The molecule has 3 rings (SSSR count). The summed E-state index contributed by atoms with van der Waals surface area (Å²) in [6.07, 6.45) is 5.52. The highest BCUT2D eigenvalue weighted by molar-refractivity contribution is 5.92. The number of fused-ring (bicyclic) bond motifs is 1. The summed E-state index contributed by atoms with van der Waals surface area (Å²) >= 11 is 0. The number of rotatable bonds is 2. The zero-order valence-electron chi connectivity index (χ0n) is 12.6. The molecule has 1 N–H and O–H groups in total. The summed E-state index contributed by atoms with van der Waals surface area (Å²) in [5.74, 6) is 1.62. The minimum absolute atomic E-state index is 0.106. The van der Waals surface area contributed by atoms with Crippen molar-refractivity contribution in [1.82, 2.24) is 20.0 Å². The van der Waals surface area contributed by atoms with Crippen LogP contribution in [0.2, 0.25) is 0 Å². The first-order valence-corrected chi connectivity index (χ1v) is 7.21. The highest BCUT2D eigenvalue weighted by Gasteiger charge is 2.25. The van der Waals surface area contributed by atoms with E-state index in [4.69, 9.17) is 4.52 Å². The zero-order valence-corrected chi connectivity index (χ0v) is 12.6. The predicted octanol–water partition coefficient (Wildman–Crippen LogP) is 1.91. The first-order chi connectivity index (χ1) is 9.93. The highest BCUT2D eigenvalue weighted by atomic mass is 16.5. The number of nitrogens with one attached hydrogen (secondary N) is 1. The molecule has 6 nitrogen and oxygen atoms in total. The van der Waals surface area contributed by atoms with Crippen molar-refractivity contribution in [2.75, 3.05) is 0 Å². The Balaban J connectivity index is 1.66. The van der Waals surface area contributed by atoms with Crippen LogP contribution in [0, 0.1) is 0 Å². The van der Waals surface area contributed by atoms with Crippen LogP contribution in [0.25, 0.3) is 0 Å². The molecule has 1 amide bonds. The van der Waals surface area contributed by atoms with Gasteiger partial charge in [0.25, 0.3) is 5.91 Å². The van der Waals surface area contributed by atoms with Gasteiger partial charge in [-0.15, -0.1) is 0 Å². The molecular weight excluding hydrogens is 268 g/mol. The summed E-state index contributed by atoms with van der Waals surface area (Å²) in [7, 11) is 0. The molecule has 1 unspecified atom stereocenters. The van der Waals surface area contributed by atoms with Gasteiger partial charge in [0.05, 0.1) is 0 Å². The molecule has 1 aliphatic heterocycles. The molecule has 2 aromatic heterocycles. The average Bonchev–Trinajstić information content (AvgIpc) is 3.06. The van der Waals surface area contributed by atoms with E-state index < -0.39 is 0 Å². The lowest BCUT2D eigenvalue weighted by Gasteiger charge is -2.24. The van der Waals surface area contributed by atoms with Gasteiger partial charge in [-0.2, -0.15) is 0 Å². The Kier molecular flexibility index (Phi) is 3.31. The molecule has 3 heterocycles. The smallest absolute Gasteiger partial charge is 0.273 e. The molecular formula is C15H20N4O2. The number of aromatic nitrogens is 3. The minimum Gasteiger partial charge on any atom is -0.360 e. The van der Waals surface area contributed by atoms with Crippen molar-refractivity contribution in [3.8, 4) is 0 Å². The maximum Gasteiger partial charge on any atom is 0.273 e. The quantitative estimate of drug-likeness (QED) is 0.916. The predicted molar refractivity (Wildman–Crippen MR) is 77.0 cm³/mol. The molecule has 2 aromatic rings. The fourth-order valence-corrected chi connectivity index (χ4v) is 2.48. The van der Waals surface area contributed by atoms with Crippen LogP contribution in [0.5, 0.6) is 0 Å². The van der Waals surface area contributed by atoms with Gasteiger partial charge < -0.3 is 14.4 Å². The Morgan fingerprint density at radius 2 is 2.29 bits per heavy atom. The van der Waals surface area contributed by atoms with Crippen LogP contribution in [-0.2, 0) is 18.4 Å². The van der Waals surface area contributed by atoms with E-state index in [1.54, 1.807) is 12.3 Å². The van der Waals surface area contributed by atoms with Crippen LogP contribution in [0.1, 0.15) is 49.3 Å². The van der Waals surface area contributed by atoms with Crippen LogP contribution < -0.4 is 5.32 Å². The Morgan fingerprint density at radius 1 is 1.48 bits per heavy atom. The van der Waals surface area contributed by atoms with Crippen LogP contribution in [0.4, 0.5) is 0 Å². The highest BCUT2D eigenvalue weighted by Crippen LogP contribution is 2.22. The van der Waals surface area contributed by atoms with E-state index in [2.05, 4.69) is 20.0 Å². The lowest BCUT2D eigenvalue weighted by atomic mass is 9.93. The monoisotopic (exact) mass is 288 g/mol. The molecule has 0 saturated carbocycles. The topological polar surface area (TPSA) is 73.0 Å². The van der Waals surface area contributed by atoms with Gasteiger partial charge >= 0.3 is 0 Å². The van der Waals surface area contributed by atoms with Crippen molar-refractivity contribution in [2.45, 2.75) is 51.6 Å².